The number of hydrogen-bond donors (Lipinski definition) is 2. The number of nitrogens with one attached hydrogen (secondary N) is 1. The molecule has 0 bridgehead atoms. The number of nitrogens with two attached hydrogens (primary N) is 1. The highest BCUT2D eigenvalue weighted by molar-refractivity contribution is 6.32. The van der Waals surface area contributed by atoms with Gasteiger partial charge in [0.05, 0.1) is 11.3 Å². The third kappa shape index (κ3) is 1.66. The van der Waals surface area contributed by atoms with Crippen LogP contribution in [0.5, 0.6) is 0 Å². The van der Waals surface area contributed by atoms with Crippen LogP contribution >= 0.6 is 11.6 Å². The summed E-state index contributed by atoms with van der Waals surface area (Å²) in [5, 5.41) is 0.302. The lowest BCUT2D eigenvalue weighted by molar-refractivity contribution is 1.15. The smallest absolute Gasteiger partial charge is 0.145 e. The Labute approximate surface area is 91.7 Å². The zero-order chi connectivity index (χ0) is 11.0. The number of aryl methyl sites for hydroxylation is 2. The van der Waals surface area contributed by atoms with E-state index in [2.05, 4.69) is 19.9 Å². The van der Waals surface area contributed by atoms with Crippen LogP contribution in [-0.4, -0.2) is 19.9 Å². The van der Waals surface area contributed by atoms with E-state index in [1.165, 1.54) is 6.33 Å². The van der Waals surface area contributed by atoms with Crippen molar-refractivity contribution in [2.75, 3.05) is 5.73 Å². The van der Waals surface area contributed by atoms with Gasteiger partial charge in [0.1, 0.15) is 23.1 Å². The molecule has 2 aromatic heterocycles. The number of aromatic amines is 1. The fourth-order valence-corrected chi connectivity index (χ4v) is 1.49. The Morgan fingerprint density at radius 2 is 2.07 bits per heavy atom. The predicted octanol–water partition coefficient (Wildman–Crippen LogP) is 1.72. The minimum atomic E-state index is 0.302. The average Bonchev–Trinajstić information content (AvgIpc) is 2.46. The molecule has 0 saturated heterocycles. The van der Waals surface area contributed by atoms with Crippen molar-refractivity contribution in [3.8, 4) is 11.4 Å². The topological polar surface area (TPSA) is 80.5 Å². The van der Waals surface area contributed by atoms with Gasteiger partial charge < -0.3 is 10.7 Å². The van der Waals surface area contributed by atoms with E-state index >= 15 is 0 Å². The van der Waals surface area contributed by atoms with Gasteiger partial charge in [-0.2, -0.15) is 0 Å². The van der Waals surface area contributed by atoms with Crippen LogP contribution in [0.1, 0.15) is 11.4 Å². The van der Waals surface area contributed by atoms with Gasteiger partial charge in [-0.15, -0.1) is 0 Å². The third-order valence-electron chi connectivity index (χ3n) is 2.20. The molecule has 0 aromatic carbocycles. The van der Waals surface area contributed by atoms with Gasteiger partial charge in [-0.3, -0.25) is 0 Å². The van der Waals surface area contributed by atoms with Crippen LogP contribution in [0, 0.1) is 13.8 Å². The second-order valence-electron chi connectivity index (χ2n) is 3.22. The van der Waals surface area contributed by atoms with Crippen molar-refractivity contribution < 1.29 is 0 Å². The molecule has 3 N–H and O–H groups in total. The molecule has 0 spiro atoms. The van der Waals surface area contributed by atoms with Gasteiger partial charge in [0.25, 0.3) is 0 Å². The van der Waals surface area contributed by atoms with Crippen molar-refractivity contribution in [2.24, 2.45) is 0 Å². The Balaban J connectivity index is 2.63. The van der Waals surface area contributed by atoms with Gasteiger partial charge in [0.15, 0.2) is 0 Å². The quantitative estimate of drug-likeness (QED) is 0.722. The number of aromatic nitrogens is 4. The summed E-state index contributed by atoms with van der Waals surface area (Å²) in [5.41, 5.74) is 8.15. The van der Waals surface area contributed by atoms with E-state index in [-0.39, 0.29) is 0 Å². The lowest BCUT2D eigenvalue weighted by Crippen LogP contribution is -1.97. The van der Waals surface area contributed by atoms with E-state index in [0.717, 1.165) is 11.4 Å². The SMILES string of the molecule is Cc1nc(-c2c(N)ncnc2Cl)[nH]c1C. The molecule has 0 radical (unpaired) electrons. The van der Waals surface area contributed by atoms with Gasteiger partial charge in [-0.05, 0) is 13.8 Å². The van der Waals surface area contributed by atoms with Crippen LogP contribution in [-0.2, 0) is 0 Å². The zero-order valence-corrected chi connectivity index (χ0v) is 9.13. The summed E-state index contributed by atoms with van der Waals surface area (Å²) in [6.45, 7) is 3.84. The Hall–Kier alpha value is -1.62. The molecule has 0 unspecified atom stereocenters. The van der Waals surface area contributed by atoms with Crippen LogP contribution < -0.4 is 5.73 Å². The highest BCUT2D eigenvalue weighted by Gasteiger charge is 2.14. The first-order valence-corrected chi connectivity index (χ1v) is 4.77. The number of hydrogen-bond acceptors (Lipinski definition) is 4. The van der Waals surface area contributed by atoms with Gasteiger partial charge in [-0.1, -0.05) is 11.6 Å². The number of nitrogen functional groups attached to an aromatic ring is 1. The maximum absolute atomic E-state index is 5.93. The molecular formula is C9H10ClN5. The molecule has 15 heavy (non-hydrogen) atoms. The molecule has 0 fully saturated rings. The van der Waals surface area contributed by atoms with Gasteiger partial charge in [-0.25, -0.2) is 15.0 Å². The normalized spacial score (nSPS) is 10.6. The molecule has 0 atom stereocenters. The zero-order valence-electron chi connectivity index (χ0n) is 8.37. The van der Waals surface area contributed by atoms with E-state index in [1.54, 1.807) is 0 Å². The van der Waals surface area contributed by atoms with Crippen LogP contribution in [0.15, 0.2) is 6.33 Å². The number of rotatable bonds is 1. The molecule has 0 saturated carbocycles. The number of H-pyrrole nitrogens is 1. The first-order chi connectivity index (χ1) is 7.09. The highest BCUT2D eigenvalue weighted by Crippen LogP contribution is 2.28. The van der Waals surface area contributed by atoms with E-state index in [4.69, 9.17) is 17.3 Å². The second-order valence-corrected chi connectivity index (χ2v) is 3.58. The summed E-state index contributed by atoms with van der Waals surface area (Å²) in [6, 6.07) is 0. The Morgan fingerprint density at radius 1 is 1.33 bits per heavy atom. The fourth-order valence-electron chi connectivity index (χ4n) is 1.26. The number of imidazole rings is 1. The minimum absolute atomic E-state index is 0.302. The molecule has 0 aliphatic carbocycles. The van der Waals surface area contributed by atoms with E-state index in [1.807, 2.05) is 13.8 Å². The molecular weight excluding hydrogens is 214 g/mol. The second kappa shape index (κ2) is 3.51. The summed E-state index contributed by atoms with van der Waals surface area (Å²) in [7, 11) is 0. The van der Waals surface area contributed by atoms with Crippen molar-refractivity contribution in [1.82, 2.24) is 19.9 Å². The molecule has 5 nitrogen and oxygen atoms in total. The van der Waals surface area contributed by atoms with Crippen LogP contribution in [0.25, 0.3) is 11.4 Å². The molecule has 0 aliphatic heterocycles. The van der Waals surface area contributed by atoms with Crippen LogP contribution in [0.4, 0.5) is 5.82 Å². The first-order valence-electron chi connectivity index (χ1n) is 4.39. The van der Waals surface area contributed by atoms with Crippen molar-refractivity contribution in [3.63, 3.8) is 0 Å². The summed E-state index contributed by atoms with van der Waals surface area (Å²) >= 11 is 5.93. The summed E-state index contributed by atoms with van der Waals surface area (Å²) in [5.74, 6) is 0.928. The maximum atomic E-state index is 5.93. The average molecular weight is 224 g/mol. The number of halogens is 1. The predicted molar refractivity (Wildman–Crippen MR) is 58.5 cm³/mol. The van der Waals surface area contributed by atoms with E-state index in [9.17, 15) is 0 Å². The summed E-state index contributed by atoms with van der Waals surface area (Å²) < 4.78 is 0. The van der Waals surface area contributed by atoms with Crippen molar-refractivity contribution in [3.05, 3.63) is 22.9 Å². The maximum Gasteiger partial charge on any atom is 0.145 e. The molecule has 2 heterocycles. The molecule has 2 rings (SSSR count). The first kappa shape index (κ1) is 9.92. The molecule has 0 aliphatic rings. The van der Waals surface area contributed by atoms with Gasteiger partial charge in [0, 0.05) is 5.69 Å². The number of nitrogens with zero attached hydrogens (tertiary/aromatic N) is 3. The van der Waals surface area contributed by atoms with Crippen molar-refractivity contribution in [1.29, 1.82) is 0 Å². The lowest BCUT2D eigenvalue weighted by atomic mass is 10.3. The molecule has 2 aromatic rings. The summed E-state index contributed by atoms with van der Waals surface area (Å²) in [4.78, 5) is 15.1. The van der Waals surface area contributed by atoms with Gasteiger partial charge >= 0.3 is 0 Å². The standard InChI is InChI=1S/C9H10ClN5/c1-4-5(2)15-9(14-4)6-7(10)12-3-13-8(6)11/h3H,1-2H3,(H,14,15)(H2,11,12,13). The lowest BCUT2D eigenvalue weighted by Gasteiger charge is -2.01. The summed E-state index contributed by atoms with van der Waals surface area (Å²) in [6.07, 6.45) is 1.32. The monoisotopic (exact) mass is 223 g/mol. The molecule has 6 heteroatoms. The van der Waals surface area contributed by atoms with Crippen molar-refractivity contribution >= 4 is 17.4 Å². The number of anilines is 1. The highest BCUT2D eigenvalue weighted by atomic mass is 35.5. The largest absolute Gasteiger partial charge is 0.383 e. The van der Waals surface area contributed by atoms with Crippen LogP contribution in [0.2, 0.25) is 5.15 Å². The van der Waals surface area contributed by atoms with Crippen LogP contribution in [0.3, 0.4) is 0 Å². The Bertz CT molecular complexity index is 465. The molecule has 0 amide bonds. The van der Waals surface area contributed by atoms with E-state index < -0.39 is 0 Å². The molecule has 78 valence electrons. The fraction of sp³-hybridized carbons (Fsp3) is 0.222. The van der Waals surface area contributed by atoms with E-state index in [0.29, 0.717) is 22.4 Å². The minimum Gasteiger partial charge on any atom is -0.383 e. The Kier molecular flexibility index (Phi) is 2.32. The van der Waals surface area contributed by atoms with Gasteiger partial charge in [0.2, 0.25) is 0 Å². The third-order valence-corrected chi connectivity index (χ3v) is 2.48. The Morgan fingerprint density at radius 3 is 2.60 bits per heavy atom. The van der Waals surface area contributed by atoms with Crippen molar-refractivity contribution in [2.45, 2.75) is 13.8 Å².